The molecule has 0 aromatic heterocycles. The molecule has 2 heterocycles. The largest absolute Gasteiger partial charge is 0.497 e. The predicted molar refractivity (Wildman–Crippen MR) is 115 cm³/mol. The quantitative estimate of drug-likeness (QED) is 0.798. The number of nitrogens with one attached hydrogen (secondary N) is 1. The first kappa shape index (κ1) is 19.9. The lowest BCUT2D eigenvalue weighted by Gasteiger charge is -2.32. The van der Waals surface area contributed by atoms with Crippen LogP contribution in [0.3, 0.4) is 0 Å². The van der Waals surface area contributed by atoms with Gasteiger partial charge in [0.15, 0.2) is 0 Å². The van der Waals surface area contributed by atoms with Gasteiger partial charge in [0.25, 0.3) is 0 Å². The van der Waals surface area contributed by atoms with E-state index in [9.17, 15) is 4.79 Å². The summed E-state index contributed by atoms with van der Waals surface area (Å²) >= 11 is 0. The average molecular weight is 395 g/mol. The first-order chi connectivity index (χ1) is 14.2. The van der Waals surface area contributed by atoms with Gasteiger partial charge in [0.05, 0.1) is 13.2 Å². The summed E-state index contributed by atoms with van der Waals surface area (Å²) in [6.07, 6.45) is 4.53. The second-order valence-electron chi connectivity index (χ2n) is 7.98. The Morgan fingerprint density at radius 1 is 1.14 bits per heavy atom. The summed E-state index contributed by atoms with van der Waals surface area (Å²) in [6, 6.07) is 15.9. The number of carbonyl (C=O) groups excluding carboxylic acids is 1. The van der Waals surface area contributed by atoms with Crippen molar-refractivity contribution in [3.63, 3.8) is 0 Å². The molecule has 2 aliphatic heterocycles. The zero-order valence-corrected chi connectivity index (χ0v) is 17.1. The number of nitrogens with zero attached hydrogens (tertiary/aromatic N) is 1. The van der Waals surface area contributed by atoms with Gasteiger partial charge < -0.3 is 19.7 Å². The summed E-state index contributed by atoms with van der Waals surface area (Å²) in [5, 5.41) is 3.18. The van der Waals surface area contributed by atoms with Crippen LogP contribution >= 0.6 is 0 Å². The molecule has 0 bridgehead atoms. The van der Waals surface area contributed by atoms with Gasteiger partial charge in [-0.15, -0.1) is 0 Å². The molecule has 1 atom stereocenters. The van der Waals surface area contributed by atoms with Gasteiger partial charge >= 0.3 is 0 Å². The molecule has 4 rings (SSSR count). The maximum atomic E-state index is 12.9. The second-order valence-corrected chi connectivity index (χ2v) is 7.98. The van der Waals surface area contributed by atoms with Crippen molar-refractivity contribution >= 4 is 11.6 Å². The van der Waals surface area contributed by atoms with Crippen LogP contribution in [0.15, 0.2) is 48.5 Å². The lowest BCUT2D eigenvalue weighted by molar-refractivity contribution is -0.121. The van der Waals surface area contributed by atoms with E-state index in [1.165, 1.54) is 12.8 Å². The van der Waals surface area contributed by atoms with Crippen molar-refractivity contribution in [1.82, 2.24) is 4.90 Å². The summed E-state index contributed by atoms with van der Waals surface area (Å²) in [7, 11) is 1.66. The molecule has 0 aliphatic carbocycles. The van der Waals surface area contributed by atoms with Gasteiger partial charge in [-0.05, 0) is 62.5 Å². The van der Waals surface area contributed by atoms with Crippen molar-refractivity contribution < 1.29 is 14.3 Å². The van der Waals surface area contributed by atoms with Crippen LogP contribution in [0.4, 0.5) is 5.69 Å². The first-order valence-corrected chi connectivity index (χ1v) is 10.6. The summed E-state index contributed by atoms with van der Waals surface area (Å²) in [5.74, 6) is 0.994. The number of benzene rings is 2. The summed E-state index contributed by atoms with van der Waals surface area (Å²) in [6.45, 7) is 3.84. The van der Waals surface area contributed by atoms with E-state index in [-0.39, 0.29) is 11.8 Å². The van der Waals surface area contributed by atoms with Crippen LogP contribution in [0.25, 0.3) is 11.1 Å². The van der Waals surface area contributed by atoms with E-state index in [2.05, 4.69) is 10.2 Å². The van der Waals surface area contributed by atoms with Crippen LogP contribution in [-0.4, -0.2) is 50.3 Å². The number of hydrogen-bond acceptors (Lipinski definition) is 4. The number of rotatable bonds is 6. The normalized spacial score (nSPS) is 20.5. The van der Waals surface area contributed by atoms with Gasteiger partial charge in [0, 0.05) is 30.3 Å². The van der Waals surface area contributed by atoms with E-state index in [0.29, 0.717) is 6.10 Å². The van der Waals surface area contributed by atoms with Gasteiger partial charge in [0.2, 0.25) is 5.91 Å². The number of amides is 1. The first-order valence-electron chi connectivity index (χ1n) is 10.6. The predicted octanol–water partition coefficient (Wildman–Crippen LogP) is 4.19. The number of ether oxygens (including phenoxy) is 2. The lowest BCUT2D eigenvalue weighted by atomic mass is 9.95. The Bertz CT molecular complexity index is 824. The zero-order chi connectivity index (χ0) is 20.1. The molecule has 29 heavy (non-hydrogen) atoms. The third-order valence-electron chi connectivity index (χ3n) is 6.01. The third kappa shape index (κ3) is 4.98. The fourth-order valence-corrected chi connectivity index (χ4v) is 4.32. The van der Waals surface area contributed by atoms with Crippen LogP contribution in [-0.2, 0) is 9.53 Å². The SMILES string of the molecule is COc1cccc(-c2ccccc2NC(=O)C2CCN(C[C@H]3CCCO3)CC2)c1. The smallest absolute Gasteiger partial charge is 0.227 e. The van der Waals surface area contributed by atoms with Gasteiger partial charge in [-0.1, -0.05) is 30.3 Å². The maximum Gasteiger partial charge on any atom is 0.227 e. The number of anilines is 1. The Morgan fingerprint density at radius 2 is 1.97 bits per heavy atom. The Hall–Kier alpha value is -2.37. The number of hydrogen-bond donors (Lipinski definition) is 1. The number of para-hydroxylation sites is 1. The average Bonchev–Trinajstić information content (AvgIpc) is 3.28. The summed E-state index contributed by atoms with van der Waals surface area (Å²) < 4.78 is 11.1. The fourth-order valence-electron chi connectivity index (χ4n) is 4.32. The van der Waals surface area contributed by atoms with Crippen molar-refractivity contribution in [2.75, 3.05) is 38.7 Å². The second kappa shape index (κ2) is 9.42. The third-order valence-corrected chi connectivity index (χ3v) is 6.01. The van der Waals surface area contributed by atoms with Crippen LogP contribution in [0.2, 0.25) is 0 Å². The summed E-state index contributed by atoms with van der Waals surface area (Å²) in [5.41, 5.74) is 2.90. The molecule has 0 unspecified atom stereocenters. The van der Waals surface area contributed by atoms with Gasteiger partial charge in [-0.25, -0.2) is 0 Å². The molecule has 1 amide bonds. The highest BCUT2D eigenvalue weighted by molar-refractivity contribution is 5.96. The highest BCUT2D eigenvalue weighted by Gasteiger charge is 2.27. The van der Waals surface area contributed by atoms with Gasteiger partial charge in [-0.3, -0.25) is 4.79 Å². The maximum absolute atomic E-state index is 12.9. The van der Waals surface area contributed by atoms with Crippen LogP contribution < -0.4 is 10.1 Å². The molecule has 5 heteroatoms. The molecule has 2 saturated heterocycles. The molecule has 1 N–H and O–H groups in total. The Kier molecular flexibility index (Phi) is 6.47. The van der Waals surface area contributed by atoms with Crippen LogP contribution in [0.5, 0.6) is 5.75 Å². The molecule has 2 aromatic carbocycles. The van der Waals surface area contributed by atoms with Crippen LogP contribution in [0.1, 0.15) is 25.7 Å². The molecule has 0 spiro atoms. The monoisotopic (exact) mass is 394 g/mol. The zero-order valence-electron chi connectivity index (χ0n) is 17.1. The molecular weight excluding hydrogens is 364 g/mol. The number of carbonyl (C=O) groups is 1. The van der Waals surface area contributed by atoms with E-state index < -0.39 is 0 Å². The topological polar surface area (TPSA) is 50.8 Å². The standard InChI is InChI=1S/C24H30N2O3/c1-28-20-7-4-6-19(16-20)22-9-2-3-10-23(22)25-24(27)18-11-13-26(14-12-18)17-21-8-5-15-29-21/h2-4,6-7,9-10,16,18,21H,5,8,11-15,17H2,1H3,(H,25,27)/t21-/m1/s1. The molecular formula is C24H30N2O3. The molecule has 2 fully saturated rings. The van der Waals surface area contributed by atoms with Crippen LogP contribution in [0, 0.1) is 5.92 Å². The summed E-state index contributed by atoms with van der Waals surface area (Å²) in [4.78, 5) is 15.4. The highest BCUT2D eigenvalue weighted by Crippen LogP contribution is 2.31. The lowest BCUT2D eigenvalue weighted by Crippen LogP contribution is -2.41. The van der Waals surface area contributed by atoms with Crippen molar-refractivity contribution in [3.05, 3.63) is 48.5 Å². The number of methoxy groups -OCH3 is 1. The van der Waals surface area contributed by atoms with Gasteiger partial charge in [-0.2, -0.15) is 0 Å². The molecule has 5 nitrogen and oxygen atoms in total. The molecule has 154 valence electrons. The van der Waals surface area contributed by atoms with Crippen molar-refractivity contribution in [2.45, 2.75) is 31.8 Å². The number of likely N-dealkylation sites (tertiary alicyclic amines) is 1. The minimum atomic E-state index is 0.0640. The molecule has 2 aliphatic rings. The minimum Gasteiger partial charge on any atom is -0.497 e. The Morgan fingerprint density at radius 3 is 2.72 bits per heavy atom. The van der Waals surface area contributed by atoms with Gasteiger partial charge in [0.1, 0.15) is 5.75 Å². The number of piperidine rings is 1. The van der Waals surface area contributed by atoms with Crippen molar-refractivity contribution in [3.8, 4) is 16.9 Å². The van der Waals surface area contributed by atoms with E-state index in [1.54, 1.807) is 7.11 Å². The van der Waals surface area contributed by atoms with Crippen molar-refractivity contribution in [2.24, 2.45) is 5.92 Å². The fraction of sp³-hybridized carbons (Fsp3) is 0.458. The van der Waals surface area contributed by atoms with E-state index >= 15 is 0 Å². The van der Waals surface area contributed by atoms with E-state index in [1.807, 2.05) is 48.5 Å². The van der Waals surface area contributed by atoms with Crippen molar-refractivity contribution in [1.29, 1.82) is 0 Å². The Labute approximate surface area is 173 Å². The Balaban J connectivity index is 1.38. The molecule has 0 saturated carbocycles. The molecule has 0 radical (unpaired) electrons. The molecule has 2 aromatic rings. The van der Waals surface area contributed by atoms with E-state index in [0.717, 1.165) is 61.6 Å². The minimum absolute atomic E-state index is 0.0640. The van der Waals surface area contributed by atoms with E-state index in [4.69, 9.17) is 9.47 Å². The highest BCUT2D eigenvalue weighted by atomic mass is 16.5.